The van der Waals surface area contributed by atoms with E-state index < -0.39 is 17.0 Å². The van der Waals surface area contributed by atoms with Crippen molar-refractivity contribution in [2.45, 2.75) is 6.18 Å². The van der Waals surface area contributed by atoms with Crippen molar-refractivity contribution in [2.75, 3.05) is 0 Å². The summed E-state index contributed by atoms with van der Waals surface area (Å²) in [5, 5.41) is 4.74. The first-order valence-corrected chi connectivity index (χ1v) is 6.01. The SMILES string of the molecule is Fc1cc(Oc2nnc(C(F)(F)F)s2)ccc1Br. The molecule has 0 saturated carbocycles. The molecule has 2 rings (SSSR count). The quantitative estimate of drug-likeness (QED) is 0.765. The van der Waals surface area contributed by atoms with Gasteiger partial charge < -0.3 is 4.74 Å². The lowest BCUT2D eigenvalue weighted by Gasteiger charge is -2.01. The first-order chi connectivity index (χ1) is 8.36. The van der Waals surface area contributed by atoms with Crippen molar-refractivity contribution in [1.82, 2.24) is 10.2 Å². The van der Waals surface area contributed by atoms with Crippen molar-refractivity contribution in [2.24, 2.45) is 0 Å². The van der Waals surface area contributed by atoms with Gasteiger partial charge in [-0.25, -0.2) is 4.39 Å². The van der Waals surface area contributed by atoms with Gasteiger partial charge in [-0.15, -0.1) is 5.10 Å². The van der Waals surface area contributed by atoms with E-state index in [4.69, 9.17) is 4.74 Å². The summed E-state index contributed by atoms with van der Waals surface area (Å²) in [7, 11) is 0. The molecule has 0 N–H and O–H groups in total. The summed E-state index contributed by atoms with van der Waals surface area (Å²) in [6, 6.07) is 3.79. The zero-order valence-electron chi connectivity index (χ0n) is 8.33. The summed E-state index contributed by atoms with van der Waals surface area (Å²) < 4.78 is 55.1. The lowest BCUT2D eigenvalue weighted by molar-refractivity contribution is -0.138. The predicted octanol–water partition coefficient (Wildman–Crippen LogP) is 4.25. The van der Waals surface area contributed by atoms with E-state index in [0.717, 1.165) is 6.07 Å². The van der Waals surface area contributed by atoms with Crippen LogP contribution in [0.3, 0.4) is 0 Å². The molecule has 0 spiro atoms. The van der Waals surface area contributed by atoms with Gasteiger partial charge in [0.05, 0.1) is 4.47 Å². The first-order valence-electron chi connectivity index (χ1n) is 4.40. The average Bonchev–Trinajstić information content (AvgIpc) is 2.72. The predicted molar refractivity (Wildman–Crippen MR) is 59.1 cm³/mol. The van der Waals surface area contributed by atoms with Gasteiger partial charge in [-0.3, -0.25) is 0 Å². The zero-order chi connectivity index (χ0) is 13.3. The molecule has 0 aliphatic rings. The average molecular weight is 343 g/mol. The van der Waals surface area contributed by atoms with Crippen LogP contribution in [0.15, 0.2) is 22.7 Å². The fourth-order valence-corrected chi connectivity index (χ4v) is 1.84. The van der Waals surface area contributed by atoms with Crippen LogP contribution in [0.2, 0.25) is 0 Å². The van der Waals surface area contributed by atoms with Crippen LogP contribution in [0.1, 0.15) is 5.01 Å². The molecule has 3 nitrogen and oxygen atoms in total. The Morgan fingerprint density at radius 2 is 1.94 bits per heavy atom. The van der Waals surface area contributed by atoms with Crippen LogP contribution >= 0.6 is 27.3 Å². The molecule has 0 unspecified atom stereocenters. The molecule has 2 aromatic rings. The number of hydrogen-bond donors (Lipinski definition) is 0. The molecule has 0 atom stereocenters. The molecule has 0 bridgehead atoms. The minimum Gasteiger partial charge on any atom is -0.430 e. The monoisotopic (exact) mass is 342 g/mol. The Morgan fingerprint density at radius 1 is 1.22 bits per heavy atom. The topological polar surface area (TPSA) is 35.0 Å². The molecule has 96 valence electrons. The van der Waals surface area contributed by atoms with Crippen LogP contribution in [0.5, 0.6) is 10.9 Å². The highest BCUT2D eigenvalue weighted by Gasteiger charge is 2.36. The highest BCUT2D eigenvalue weighted by molar-refractivity contribution is 9.10. The van der Waals surface area contributed by atoms with Crippen molar-refractivity contribution >= 4 is 27.3 Å². The minimum atomic E-state index is -4.57. The van der Waals surface area contributed by atoms with Gasteiger partial charge in [0.2, 0.25) is 5.01 Å². The van der Waals surface area contributed by atoms with Crippen LogP contribution < -0.4 is 4.74 Å². The number of halogens is 5. The number of rotatable bonds is 2. The van der Waals surface area contributed by atoms with Crippen molar-refractivity contribution in [3.8, 4) is 10.9 Å². The number of alkyl halides is 3. The zero-order valence-corrected chi connectivity index (χ0v) is 10.7. The van der Waals surface area contributed by atoms with E-state index in [0.29, 0.717) is 0 Å². The maximum atomic E-state index is 13.1. The van der Waals surface area contributed by atoms with Crippen LogP contribution in [-0.4, -0.2) is 10.2 Å². The Balaban J connectivity index is 2.19. The number of benzene rings is 1. The van der Waals surface area contributed by atoms with E-state index in [9.17, 15) is 17.6 Å². The molecule has 0 fully saturated rings. The molecule has 1 heterocycles. The van der Waals surface area contributed by atoms with Gasteiger partial charge in [0.1, 0.15) is 11.6 Å². The van der Waals surface area contributed by atoms with Crippen LogP contribution in [-0.2, 0) is 6.18 Å². The third kappa shape index (κ3) is 2.96. The Labute approximate surface area is 111 Å². The maximum Gasteiger partial charge on any atom is 0.445 e. The van der Waals surface area contributed by atoms with Crippen molar-refractivity contribution in [3.05, 3.63) is 33.5 Å². The van der Waals surface area contributed by atoms with E-state index in [2.05, 4.69) is 26.1 Å². The first kappa shape index (κ1) is 13.2. The van der Waals surface area contributed by atoms with E-state index in [-0.39, 0.29) is 26.8 Å². The Bertz CT molecular complexity index is 572. The Morgan fingerprint density at radius 3 is 2.50 bits per heavy atom. The fraction of sp³-hybridized carbons (Fsp3) is 0.111. The van der Waals surface area contributed by atoms with Gasteiger partial charge >= 0.3 is 6.18 Å². The smallest absolute Gasteiger partial charge is 0.430 e. The molecule has 0 aliphatic heterocycles. The molecule has 0 radical (unpaired) electrons. The number of aromatic nitrogens is 2. The molecule has 0 saturated heterocycles. The molecule has 9 heteroatoms. The third-order valence-electron chi connectivity index (χ3n) is 1.75. The lowest BCUT2D eigenvalue weighted by atomic mass is 10.3. The highest BCUT2D eigenvalue weighted by atomic mass is 79.9. The second-order valence-corrected chi connectivity index (χ2v) is 4.84. The van der Waals surface area contributed by atoms with Gasteiger partial charge in [-0.05, 0) is 28.1 Å². The highest BCUT2D eigenvalue weighted by Crippen LogP contribution is 2.35. The number of hydrogen-bond acceptors (Lipinski definition) is 4. The summed E-state index contributed by atoms with van der Waals surface area (Å²) >= 11 is 3.18. The van der Waals surface area contributed by atoms with E-state index >= 15 is 0 Å². The van der Waals surface area contributed by atoms with Gasteiger partial charge in [0.15, 0.2) is 0 Å². The molecular weight excluding hydrogens is 340 g/mol. The van der Waals surface area contributed by atoms with E-state index in [1.165, 1.54) is 12.1 Å². The number of ether oxygens (including phenoxy) is 1. The lowest BCUT2D eigenvalue weighted by Crippen LogP contribution is -2.03. The third-order valence-corrected chi connectivity index (χ3v) is 3.23. The summed E-state index contributed by atoms with van der Waals surface area (Å²) in [6.07, 6.45) is -4.57. The summed E-state index contributed by atoms with van der Waals surface area (Å²) in [5.74, 6) is -0.548. The van der Waals surface area contributed by atoms with Crippen molar-refractivity contribution < 1.29 is 22.3 Å². The van der Waals surface area contributed by atoms with Crippen LogP contribution in [0.4, 0.5) is 17.6 Å². The second-order valence-electron chi connectivity index (χ2n) is 3.05. The number of nitrogens with zero attached hydrogens (tertiary/aromatic N) is 2. The molecule has 0 amide bonds. The van der Waals surface area contributed by atoms with Crippen LogP contribution in [0.25, 0.3) is 0 Å². The normalized spacial score (nSPS) is 11.6. The van der Waals surface area contributed by atoms with Crippen molar-refractivity contribution in [3.63, 3.8) is 0 Å². The van der Waals surface area contributed by atoms with E-state index in [1.807, 2.05) is 0 Å². The fourth-order valence-electron chi connectivity index (χ4n) is 1.01. The second kappa shape index (κ2) is 4.81. The summed E-state index contributed by atoms with van der Waals surface area (Å²) in [6.45, 7) is 0. The summed E-state index contributed by atoms with van der Waals surface area (Å²) in [5.41, 5.74) is 0. The minimum absolute atomic E-state index is 0.0422. The molecular formula is C9H3BrF4N2OS. The van der Waals surface area contributed by atoms with Crippen molar-refractivity contribution in [1.29, 1.82) is 0 Å². The van der Waals surface area contributed by atoms with Gasteiger partial charge in [-0.1, -0.05) is 16.4 Å². The molecule has 0 aliphatic carbocycles. The summed E-state index contributed by atoms with van der Waals surface area (Å²) in [4.78, 5) is 0. The largest absolute Gasteiger partial charge is 0.445 e. The van der Waals surface area contributed by atoms with Crippen LogP contribution in [0, 0.1) is 5.82 Å². The van der Waals surface area contributed by atoms with Gasteiger partial charge in [0, 0.05) is 6.07 Å². The van der Waals surface area contributed by atoms with Gasteiger partial charge in [-0.2, -0.15) is 13.2 Å². The van der Waals surface area contributed by atoms with Gasteiger partial charge in [0.25, 0.3) is 5.19 Å². The molecule has 18 heavy (non-hydrogen) atoms. The maximum absolute atomic E-state index is 13.1. The van der Waals surface area contributed by atoms with E-state index in [1.54, 1.807) is 0 Å². The Kier molecular flexibility index (Phi) is 3.53. The standard InChI is InChI=1S/C9H3BrF4N2OS/c10-5-2-1-4(3-6(5)11)17-8-16-15-7(18-8)9(12,13)14/h1-3H. The molecule has 1 aromatic heterocycles. The molecule has 1 aromatic carbocycles. The Hall–Kier alpha value is -1.22.